The van der Waals surface area contributed by atoms with Crippen molar-refractivity contribution in [1.29, 1.82) is 0 Å². The lowest BCUT2D eigenvalue weighted by Gasteiger charge is -2.18. The molecule has 0 unspecified atom stereocenters. The van der Waals surface area contributed by atoms with Crippen molar-refractivity contribution in [2.75, 3.05) is 0 Å². The predicted molar refractivity (Wildman–Crippen MR) is 208 cm³/mol. The van der Waals surface area contributed by atoms with Gasteiger partial charge in [-0.15, -0.1) is 0 Å². The van der Waals surface area contributed by atoms with E-state index in [4.69, 9.17) is 7.16 Å². The number of hydrogen-bond acceptors (Lipinski definition) is 1. The number of benzene rings is 9. The van der Waals surface area contributed by atoms with E-state index in [1.165, 1.54) is 43.8 Å². The highest BCUT2D eigenvalue weighted by Crippen LogP contribution is 2.44. The van der Waals surface area contributed by atoms with Crippen LogP contribution in [-0.4, -0.2) is 0 Å². The number of fused-ring (bicyclic) bond motifs is 6. The molecule has 0 fully saturated rings. The first-order chi connectivity index (χ1) is 25.1. The molecular formula is C48H30O. The third kappa shape index (κ3) is 4.55. The van der Waals surface area contributed by atoms with Crippen LogP contribution in [0.4, 0.5) is 0 Å². The van der Waals surface area contributed by atoms with Crippen molar-refractivity contribution in [2.24, 2.45) is 0 Å². The Balaban J connectivity index is 1.08. The Hall–Kier alpha value is -6.44. The van der Waals surface area contributed by atoms with Gasteiger partial charge in [0, 0.05) is 10.8 Å². The van der Waals surface area contributed by atoms with Gasteiger partial charge in [0.2, 0.25) is 0 Å². The Labute approximate surface area is 287 Å². The minimum absolute atomic E-state index is 0.393. The molecule has 0 aliphatic rings. The van der Waals surface area contributed by atoms with Crippen LogP contribution in [0.5, 0.6) is 0 Å². The Morgan fingerprint density at radius 1 is 0.327 bits per heavy atom. The summed E-state index contributed by atoms with van der Waals surface area (Å²) in [5.41, 5.74) is 10.6. The molecule has 1 nitrogen and oxygen atoms in total. The second-order valence-electron chi connectivity index (χ2n) is 12.7. The maximum absolute atomic E-state index is 8.73. The predicted octanol–water partition coefficient (Wildman–Crippen LogP) is 13.7. The molecule has 9 aromatic carbocycles. The molecule has 0 saturated carbocycles. The summed E-state index contributed by atoms with van der Waals surface area (Å²) in [6.07, 6.45) is 0. The molecular weight excluding hydrogens is 593 g/mol. The molecule has 0 spiro atoms. The Morgan fingerprint density at radius 3 is 1.45 bits per heavy atom. The van der Waals surface area contributed by atoms with Gasteiger partial charge in [-0.05, 0) is 101 Å². The molecule has 0 radical (unpaired) electrons. The molecule has 1 heteroatoms. The molecule has 10 aromatic rings. The minimum atomic E-state index is 0.393. The maximum Gasteiger partial charge on any atom is 0.135 e. The van der Waals surface area contributed by atoms with Gasteiger partial charge in [0.1, 0.15) is 11.2 Å². The fraction of sp³-hybridized carbons (Fsp3) is 0. The summed E-state index contributed by atoms with van der Waals surface area (Å²) in [5, 5.41) is 9.09. The van der Waals surface area contributed by atoms with Crippen molar-refractivity contribution >= 4 is 54.3 Å². The van der Waals surface area contributed by atoms with E-state index in [-0.39, 0.29) is 0 Å². The van der Waals surface area contributed by atoms with Gasteiger partial charge in [-0.2, -0.15) is 0 Å². The van der Waals surface area contributed by atoms with Crippen molar-refractivity contribution in [3.63, 3.8) is 0 Å². The van der Waals surface area contributed by atoms with E-state index in [1.54, 1.807) is 0 Å². The molecule has 0 bridgehead atoms. The number of furan rings is 1. The first-order valence-electron chi connectivity index (χ1n) is 17.7. The second kappa shape index (κ2) is 11.1. The van der Waals surface area contributed by atoms with E-state index in [2.05, 4.69) is 127 Å². The van der Waals surface area contributed by atoms with Crippen molar-refractivity contribution in [2.45, 2.75) is 0 Å². The minimum Gasteiger partial charge on any atom is -0.456 e. The average Bonchev–Trinajstić information content (AvgIpc) is 3.56. The van der Waals surface area contributed by atoms with Crippen molar-refractivity contribution in [3.8, 4) is 44.5 Å². The zero-order valence-electron chi connectivity index (χ0n) is 28.6. The summed E-state index contributed by atoms with van der Waals surface area (Å²) in [6.45, 7) is 0. The van der Waals surface area contributed by atoms with Gasteiger partial charge in [-0.25, -0.2) is 0 Å². The summed E-state index contributed by atoms with van der Waals surface area (Å²) < 4.78 is 22.7. The van der Waals surface area contributed by atoms with E-state index in [9.17, 15) is 0 Å². The molecule has 1 heterocycles. The molecule has 0 aliphatic heterocycles. The smallest absolute Gasteiger partial charge is 0.135 e. The van der Waals surface area contributed by atoms with Gasteiger partial charge in [-0.1, -0.05) is 158 Å². The normalized spacial score (nSPS) is 12.2. The Bertz CT molecular complexity index is 2910. The van der Waals surface area contributed by atoms with Crippen molar-refractivity contribution in [1.82, 2.24) is 0 Å². The molecule has 0 amide bonds. The number of hydrogen-bond donors (Lipinski definition) is 0. The zero-order valence-corrected chi connectivity index (χ0v) is 26.6. The summed E-state index contributed by atoms with van der Waals surface area (Å²) in [5.74, 6) is 0. The van der Waals surface area contributed by atoms with Crippen LogP contribution in [0, 0.1) is 0 Å². The molecule has 1 aromatic heterocycles. The summed E-state index contributed by atoms with van der Waals surface area (Å²) in [6, 6.07) is 60.4. The van der Waals surface area contributed by atoms with Crippen LogP contribution >= 0.6 is 0 Å². The molecule has 0 aliphatic carbocycles. The Morgan fingerprint density at radius 2 is 0.837 bits per heavy atom. The molecule has 10 rings (SSSR count). The van der Waals surface area contributed by atoms with Crippen LogP contribution in [0.1, 0.15) is 2.74 Å². The van der Waals surface area contributed by atoms with Crippen LogP contribution < -0.4 is 0 Å². The molecule has 0 N–H and O–H groups in total. The van der Waals surface area contributed by atoms with Crippen LogP contribution in [0.2, 0.25) is 0 Å². The number of para-hydroxylation sites is 1. The van der Waals surface area contributed by atoms with Gasteiger partial charge in [0.25, 0.3) is 0 Å². The van der Waals surface area contributed by atoms with Crippen LogP contribution in [0.25, 0.3) is 98.8 Å². The van der Waals surface area contributed by atoms with Crippen molar-refractivity contribution in [3.05, 3.63) is 182 Å². The SMILES string of the molecule is [2H]c1ccc2cc(-c3ccc(-c4c5ccccc5c(-c5ccc(-c6cc([2H])c7oc8ccccc8c7c6)cc5)c5ccccc45)cc3)ccc2c1. The van der Waals surface area contributed by atoms with Crippen LogP contribution in [-0.2, 0) is 0 Å². The summed E-state index contributed by atoms with van der Waals surface area (Å²) in [4.78, 5) is 0. The molecule has 49 heavy (non-hydrogen) atoms. The van der Waals surface area contributed by atoms with Gasteiger partial charge in [0.05, 0.1) is 2.74 Å². The third-order valence-electron chi connectivity index (χ3n) is 9.92. The monoisotopic (exact) mass is 624 g/mol. The van der Waals surface area contributed by atoms with E-state index in [1.807, 2.05) is 42.5 Å². The van der Waals surface area contributed by atoms with Crippen molar-refractivity contribution < 1.29 is 7.16 Å². The van der Waals surface area contributed by atoms with Gasteiger partial charge in [0.15, 0.2) is 0 Å². The van der Waals surface area contributed by atoms with E-state index < -0.39 is 0 Å². The lowest BCUT2D eigenvalue weighted by Crippen LogP contribution is -1.91. The first kappa shape index (κ1) is 25.6. The first-order valence-corrected chi connectivity index (χ1v) is 16.7. The maximum atomic E-state index is 8.73. The summed E-state index contributed by atoms with van der Waals surface area (Å²) in [7, 11) is 0. The number of rotatable bonds is 4. The molecule has 0 atom stereocenters. The highest BCUT2D eigenvalue weighted by atomic mass is 16.3. The van der Waals surface area contributed by atoms with E-state index in [0.29, 0.717) is 17.7 Å². The lowest BCUT2D eigenvalue weighted by atomic mass is 9.85. The van der Waals surface area contributed by atoms with Crippen LogP contribution in [0.3, 0.4) is 0 Å². The quantitative estimate of drug-likeness (QED) is 0.178. The highest BCUT2D eigenvalue weighted by Gasteiger charge is 2.17. The van der Waals surface area contributed by atoms with Crippen LogP contribution in [0.15, 0.2) is 186 Å². The Kier molecular flexibility index (Phi) is 5.79. The molecule has 0 saturated heterocycles. The molecule has 228 valence electrons. The largest absolute Gasteiger partial charge is 0.456 e. The van der Waals surface area contributed by atoms with Gasteiger partial charge < -0.3 is 4.42 Å². The lowest BCUT2D eigenvalue weighted by molar-refractivity contribution is 0.669. The summed E-state index contributed by atoms with van der Waals surface area (Å²) >= 11 is 0. The second-order valence-corrected chi connectivity index (χ2v) is 12.7. The van der Waals surface area contributed by atoms with Gasteiger partial charge in [-0.3, -0.25) is 0 Å². The van der Waals surface area contributed by atoms with E-state index >= 15 is 0 Å². The van der Waals surface area contributed by atoms with E-state index in [0.717, 1.165) is 49.4 Å². The fourth-order valence-electron chi connectivity index (χ4n) is 7.54. The zero-order chi connectivity index (χ0) is 34.1. The van der Waals surface area contributed by atoms with Gasteiger partial charge >= 0.3 is 0 Å². The highest BCUT2D eigenvalue weighted by molar-refractivity contribution is 6.21. The fourth-order valence-corrected chi connectivity index (χ4v) is 7.54. The third-order valence-corrected chi connectivity index (χ3v) is 9.92. The standard InChI is InChI=1S/C48H30O/c1-2-10-36-29-37(26-21-31(36)9-1)32-17-22-34(23-18-32)47-40-12-3-5-14-42(40)48(43-15-6-4-13-41(43)47)35-24-19-33(20-25-35)38-27-28-46-44(30-38)39-11-7-8-16-45(39)49-46/h1-30H/i1D,28D. The topological polar surface area (TPSA) is 13.1 Å². The average molecular weight is 625 g/mol.